The Balaban J connectivity index is 0.00000200. The summed E-state index contributed by atoms with van der Waals surface area (Å²) >= 11 is 0. The first-order chi connectivity index (χ1) is 9.08. The lowest BCUT2D eigenvalue weighted by atomic mass is 9.95. The van der Waals surface area contributed by atoms with Crippen LogP contribution in [0.3, 0.4) is 0 Å². The SMILES string of the molecule is Cc1ccc([C@H](N)[C@H](O)Cc2ccccc2)c(O)c1.Cl. The molecule has 0 radical (unpaired) electrons. The summed E-state index contributed by atoms with van der Waals surface area (Å²) in [7, 11) is 0. The van der Waals surface area contributed by atoms with Crippen molar-refractivity contribution in [2.24, 2.45) is 5.73 Å². The van der Waals surface area contributed by atoms with Crippen molar-refractivity contribution in [3.63, 3.8) is 0 Å². The Kier molecular flexibility index (Phi) is 6.02. The number of aromatic hydroxyl groups is 1. The molecule has 0 spiro atoms. The van der Waals surface area contributed by atoms with E-state index in [9.17, 15) is 10.2 Å². The number of nitrogens with two attached hydrogens (primary N) is 1. The Morgan fingerprint density at radius 2 is 1.75 bits per heavy atom. The van der Waals surface area contributed by atoms with Crippen molar-refractivity contribution in [2.75, 3.05) is 0 Å². The maximum absolute atomic E-state index is 10.2. The van der Waals surface area contributed by atoms with Gasteiger partial charge in [-0.1, -0.05) is 42.5 Å². The number of hydrogen-bond donors (Lipinski definition) is 3. The van der Waals surface area contributed by atoms with Crippen LogP contribution in [0.15, 0.2) is 48.5 Å². The molecule has 0 aliphatic carbocycles. The van der Waals surface area contributed by atoms with Gasteiger partial charge in [0, 0.05) is 12.0 Å². The van der Waals surface area contributed by atoms with Crippen LogP contribution >= 0.6 is 12.4 Å². The molecule has 0 aromatic heterocycles. The van der Waals surface area contributed by atoms with Gasteiger partial charge in [0.2, 0.25) is 0 Å². The molecule has 0 amide bonds. The van der Waals surface area contributed by atoms with E-state index in [0.717, 1.165) is 11.1 Å². The van der Waals surface area contributed by atoms with Gasteiger partial charge < -0.3 is 15.9 Å². The Bertz CT molecular complexity index is 545. The number of halogens is 1. The summed E-state index contributed by atoms with van der Waals surface area (Å²) in [5.74, 6) is 0.139. The molecule has 2 atom stereocenters. The van der Waals surface area contributed by atoms with Crippen LogP contribution < -0.4 is 5.73 Å². The molecule has 4 N–H and O–H groups in total. The first kappa shape index (κ1) is 16.5. The van der Waals surface area contributed by atoms with Gasteiger partial charge >= 0.3 is 0 Å². The van der Waals surface area contributed by atoms with Gasteiger partial charge in [0.05, 0.1) is 12.1 Å². The Labute approximate surface area is 125 Å². The lowest BCUT2D eigenvalue weighted by Gasteiger charge is -2.20. The van der Waals surface area contributed by atoms with Crippen LogP contribution in [0, 0.1) is 6.92 Å². The summed E-state index contributed by atoms with van der Waals surface area (Å²) < 4.78 is 0. The molecule has 0 aliphatic rings. The standard InChI is InChI=1S/C16H19NO2.ClH/c1-11-7-8-13(14(18)9-11)16(17)15(19)10-12-5-3-2-4-6-12;/h2-9,15-16,18-19H,10,17H2,1H3;1H/t15-,16+;/m1./s1. The molecule has 3 nitrogen and oxygen atoms in total. The molecule has 0 unspecified atom stereocenters. The van der Waals surface area contributed by atoms with E-state index in [-0.39, 0.29) is 18.2 Å². The summed E-state index contributed by atoms with van der Waals surface area (Å²) in [5.41, 5.74) is 8.59. The summed E-state index contributed by atoms with van der Waals surface area (Å²) in [6.45, 7) is 1.90. The van der Waals surface area contributed by atoms with Gasteiger partial charge in [-0.15, -0.1) is 12.4 Å². The largest absolute Gasteiger partial charge is 0.508 e. The van der Waals surface area contributed by atoms with Crippen molar-refractivity contribution in [1.82, 2.24) is 0 Å². The topological polar surface area (TPSA) is 66.5 Å². The first-order valence-electron chi connectivity index (χ1n) is 6.35. The van der Waals surface area contributed by atoms with E-state index >= 15 is 0 Å². The first-order valence-corrected chi connectivity index (χ1v) is 6.35. The number of hydrogen-bond acceptors (Lipinski definition) is 3. The van der Waals surface area contributed by atoms with Gasteiger partial charge in [0.25, 0.3) is 0 Å². The van der Waals surface area contributed by atoms with Gasteiger partial charge in [-0.3, -0.25) is 0 Å². The third kappa shape index (κ3) is 3.97. The zero-order chi connectivity index (χ0) is 13.8. The zero-order valence-electron chi connectivity index (χ0n) is 11.4. The van der Waals surface area contributed by atoms with E-state index in [1.165, 1.54) is 0 Å². The number of phenolic OH excluding ortho intramolecular Hbond substituents is 1. The van der Waals surface area contributed by atoms with Crippen LogP contribution in [-0.4, -0.2) is 16.3 Å². The van der Waals surface area contributed by atoms with Crippen molar-refractivity contribution in [1.29, 1.82) is 0 Å². The maximum Gasteiger partial charge on any atom is 0.120 e. The number of aryl methyl sites for hydroxylation is 1. The fourth-order valence-electron chi connectivity index (χ4n) is 2.13. The van der Waals surface area contributed by atoms with Crippen LogP contribution in [0.1, 0.15) is 22.7 Å². The molecule has 2 aromatic carbocycles. The van der Waals surface area contributed by atoms with Crippen molar-refractivity contribution >= 4 is 12.4 Å². The molecule has 0 saturated heterocycles. The van der Waals surface area contributed by atoms with Gasteiger partial charge in [0.1, 0.15) is 5.75 Å². The quantitative estimate of drug-likeness (QED) is 0.812. The lowest BCUT2D eigenvalue weighted by Crippen LogP contribution is -2.28. The number of benzene rings is 2. The molecule has 0 aliphatic heterocycles. The van der Waals surface area contributed by atoms with Crippen molar-refractivity contribution < 1.29 is 10.2 Å². The fourth-order valence-corrected chi connectivity index (χ4v) is 2.13. The molecule has 2 rings (SSSR count). The van der Waals surface area contributed by atoms with Crippen molar-refractivity contribution in [3.05, 3.63) is 65.2 Å². The monoisotopic (exact) mass is 293 g/mol. The average Bonchev–Trinajstić information content (AvgIpc) is 2.39. The lowest BCUT2D eigenvalue weighted by molar-refractivity contribution is 0.143. The average molecular weight is 294 g/mol. The second-order valence-electron chi connectivity index (χ2n) is 4.85. The highest BCUT2D eigenvalue weighted by Crippen LogP contribution is 2.26. The third-order valence-corrected chi connectivity index (χ3v) is 3.25. The number of aliphatic hydroxyl groups excluding tert-OH is 1. The van der Waals surface area contributed by atoms with E-state index < -0.39 is 12.1 Å². The van der Waals surface area contributed by atoms with E-state index in [4.69, 9.17) is 5.73 Å². The summed E-state index contributed by atoms with van der Waals surface area (Å²) in [5, 5.41) is 20.1. The molecular weight excluding hydrogens is 274 g/mol. The normalized spacial score (nSPS) is 13.3. The predicted molar refractivity (Wildman–Crippen MR) is 83.2 cm³/mol. The minimum absolute atomic E-state index is 0. The molecule has 20 heavy (non-hydrogen) atoms. The maximum atomic E-state index is 10.2. The molecule has 0 bridgehead atoms. The van der Waals surface area contributed by atoms with Gasteiger partial charge in [-0.25, -0.2) is 0 Å². The Morgan fingerprint density at radius 1 is 1.10 bits per heavy atom. The second-order valence-corrected chi connectivity index (χ2v) is 4.85. The van der Waals surface area contributed by atoms with Gasteiger partial charge in [0.15, 0.2) is 0 Å². The van der Waals surface area contributed by atoms with E-state index in [0.29, 0.717) is 12.0 Å². The van der Waals surface area contributed by atoms with Crippen LogP contribution in [0.5, 0.6) is 5.75 Å². The summed E-state index contributed by atoms with van der Waals surface area (Å²) in [4.78, 5) is 0. The van der Waals surface area contributed by atoms with E-state index in [1.807, 2.05) is 43.3 Å². The molecule has 0 heterocycles. The van der Waals surface area contributed by atoms with Gasteiger partial charge in [-0.05, 0) is 24.1 Å². The minimum Gasteiger partial charge on any atom is -0.508 e. The highest BCUT2D eigenvalue weighted by atomic mass is 35.5. The molecule has 0 saturated carbocycles. The van der Waals surface area contributed by atoms with Gasteiger partial charge in [-0.2, -0.15) is 0 Å². The van der Waals surface area contributed by atoms with Crippen molar-refractivity contribution in [2.45, 2.75) is 25.5 Å². The van der Waals surface area contributed by atoms with E-state index in [2.05, 4.69) is 0 Å². The summed E-state index contributed by atoms with van der Waals surface area (Å²) in [6.07, 6.45) is -0.258. The number of aliphatic hydroxyl groups is 1. The number of phenols is 1. The molecule has 2 aromatic rings. The van der Waals surface area contributed by atoms with Crippen LogP contribution in [0.25, 0.3) is 0 Å². The Morgan fingerprint density at radius 3 is 2.35 bits per heavy atom. The highest BCUT2D eigenvalue weighted by molar-refractivity contribution is 5.85. The second kappa shape index (κ2) is 7.29. The number of rotatable bonds is 4. The molecule has 4 heteroatoms. The molecule has 108 valence electrons. The fraction of sp³-hybridized carbons (Fsp3) is 0.250. The van der Waals surface area contributed by atoms with Crippen LogP contribution in [0.4, 0.5) is 0 Å². The van der Waals surface area contributed by atoms with Crippen LogP contribution in [0.2, 0.25) is 0 Å². The summed E-state index contributed by atoms with van der Waals surface area (Å²) in [6, 6.07) is 14.4. The third-order valence-electron chi connectivity index (χ3n) is 3.25. The zero-order valence-corrected chi connectivity index (χ0v) is 12.2. The highest BCUT2D eigenvalue weighted by Gasteiger charge is 2.20. The van der Waals surface area contributed by atoms with Crippen LogP contribution in [-0.2, 0) is 6.42 Å². The molecule has 0 fully saturated rings. The van der Waals surface area contributed by atoms with Crippen molar-refractivity contribution in [3.8, 4) is 5.75 Å². The Hall–Kier alpha value is -1.55. The molecular formula is C16H20ClNO2. The van der Waals surface area contributed by atoms with E-state index in [1.54, 1.807) is 12.1 Å². The smallest absolute Gasteiger partial charge is 0.120 e. The predicted octanol–water partition coefficient (Wildman–Crippen LogP) is 2.73. The minimum atomic E-state index is -0.726.